The molecule has 1 aromatic carbocycles. The molecule has 21 heavy (non-hydrogen) atoms. The van der Waals surface area contributed by atoms with Gasteiger partial charge in [0.15, 0.2) is 0 Å². The van der Waals surface area contributed by atoms with Gasteiger partial charge < -0.3 is 9.73 Å². The zero-order valence-electron chi connectivity index (χ0n) is 12.7. The molecule has 1 aromatic heterocycles. The zero-order valence-corrected chi connectivity index (χ0v) is 12.7. The van der Waals surface area contributed by atoms with E-state index in [1.165, 1.54) is 6.07 Å². The van der Waals surface area contributed by atoms with Crippen molar-refractivity contribution in [3.8, 4) is 0 Å². The molecule has 1 N–H and O–H groups in total. The van der Waals surface area contributed by atoms with Gasteiger partial charge in [-0.05, 0) is 38.2 Å². The molecule has 1 atom stereocenters. The number of furan rings is 1. The Kier molecular flexibility index (Phi) is 5.96. The monoisotopic (exact) mass is 290 g/mol. The molecule has 1 unspecified atom stereocenters. The van der Waals surface area contributed by atoms with Gasteiger partial charge in [-0.25, -0.2) is 4.39 Å². The summed E-state index contributed by atoms with van der Waals surface area (Å²) in [6.45, 7) is 4.74. The number of hydrogen-bond acceptors (Lipinski definition) is 3. The molecule has 0 aliphatic heterocycles. The minimum Gasteiger partial charge on any atom is -0.468 e. The van der Waals surface area contributed by atoms with Crippen molar-refractivity contribution in [2.45, 2.75) is 25.9 Å². The maximum Gasteiger partial charge on any atom is 0.127 e. The molecule has 2 rings (SSSR count). The van der Waals surface area contributed by atoms with Gasteiger partial charge in [0.25, 0.3) is 0 Å². The van der Waals surface area contributed by atoms with Gasteiger partial charge in [0.05, 0.1) is 12.8 Å². The van der Waals surface area contributed by atoms with Crippen LogP contribution in [0.3, 0.4) is 0 Å². The average Bonchev–Trinajstić information content (AvgIpc) is 3.01. The van der Waals surface area contributed by atoms with E-state index in [9.17, 15) is 4.39 Å². The molecule has 0 amide bonds. The predicted octanol–water partition coefficient (Wildman–Crippen LogP) is 3.59. The Bertz CT molecular complexity index is 527. The summed E-state index contributed by atoms with van der Waals surface area (Å²) in [5.74, 6) is 0.815. The highest BCUT2D eigenvalue weighted by molar-refractivity contribution is 5.21. The average molecular weight is 290 g/mol. The van der Waals surface area contributed by atoms with Crippen molar-refractivity contribution in [1.29, 1.82) is 0 Å². The number of hydrogen-bond donors (Lipinski definition) is 1. The maximum atomic E-state index is 13.9. The van der Waals surface area contributed by atoms with Gasteiger partial charge in [-0.3, -0.25) is 4.90 Å². The molecule has 3 nitrogen and oxygen atoms in total. The van der Waals surface area contributed by atoms with Gasteiger partial charge in [-0.1, -0.05) is 25.1 Å². The van der Waals surface area contributed by atoms with Gasteiger partial charge in [0.2, 0.25) is 0 Å². The molecule has 2 aromatic rings. The number of benzene rings is 1. The maximum absolute atomic E-state index is 13.9. The Labute approximate surface area is 125 Å². The summed E-state index contributed by atoms with van der Waals surface area (Å²) in [6, 6.07) is 10.9. The fourth-order valence-electron chi connectivity index (χ4n) is 2.50. The highest BCUT2D eigenvalue weighted by atomic mass is 19.1. The first-order valence-corrected chi connectivity index (χ1v) is 7.41. The molecule has 0 saturated carbocycles. The van der Waals surface area contributed by atoms with Crippen LogP contribution in [0.2, 0.25) is 0 Å². The normalized spacial score (nSPS) is 12.8. The van der Waals surface area contributed by atoms with Crippen molar-refractivity contribution >= 4 is 0 Å². The van der Waals surface area contributed by atoms with E-state index in [1.807, 2.05) is 31.3 Å². The third-order valence-corrected chi connectivity index (χ3v) is 3.77. The van der Waals surface area contributed by atoms with Crippen LogP contribution in [0, 0.1) is 5.82 Å². The molecule has 0 bridgehead atoms. The lowest BCUT2D eigenvalue weighted by Gasteiger charge is -2.23. The van der Waals surface area contributed by atoms with Gasteiger partial charge in [0, 0.05) is 18.2 Å². The first-order chi connectivity index (χ1) is 10.2. The van der Waals surface area contributed by atoms with Crippen LogP contribution in [-0.4, -0.2) is 25.0 Å². The summed E-state index contributed by atoms with van der Waals surface area (Å²) in [4.78, 5) is 2.30. The summed E-state index contributed by atoms with van der Waals surface area (Å²) >= 11 is 0. The Hall–Kier alpha value is -1.65. The topological polar surface area (TPSA) is 28.4 Å². The molecule has 0 aliphatic rings. The lowest BCUT2D eigenvalue weighted by Crippen LogP contribution is -2.28. The molecule has 4 heteroatoms. The number of rotatable bonds is 8. The summed E-state index contributed by atoms with van der Waals surface area (Å²) in [5.41, 5.74) is 0.731. The minimum atomic E-state index is -0.147. The number of nitrogens with one attached hydrogen (secondary N) is 1. The SMILES string of the molecule is CCN(CCC(NC)c1ccccc1F)Cc1ccco1. The van der Waals surface area contributed by atoms with E-state index in [0.717, 1.165) is 37.4 Å². The molecule has 114 valence electrons. The third-order valence-electron chi connectivity index (χ3n) is 3.77. The Morgan fingerprint density at radius 1 is 1.24 bits per heavy atom. The number of nitrogens with zero attached hydrogens (tertiary/aromatic N) is 1. The largest absolute Gasteiger partial charge is 0.468 e. The van der Waals surface area contributed by atoms with Crippen LogP contribution in [0.1, 0.15) is 30.7 Å². The van der Waals surface area contributed by atoms with Crippen LogP contribution in [0.15, 0.2) is 47.1 Å². The molecule has 0 radical (unpaired) electrons. The van der Waals surface area contributed by atoms with E-state index in [2.05, 4.69) is 17.1 Å². The highest BCUT2D eigenvalue weighted by Gasteiger charge is 2.15. The van der Waals surface area contributed by atoms with E-state index < -0.39 is 0 Å². The van der Waals surface area contributed by atoms with Crippen molar-refractivity contribution in [2.75, 3.05) is 20.1 Å². The van der Waals surface area contributed by atoms with E-state index >= 15 is 0 Å². The Morgan fingerprint density at radius 2 is 2.05 bits per heavy atom. The van der Waals surface area contributed by atoms with E-state index in [0.29, 0.717) is 0 Å². The summed E-state index contributed by atoms with van der Waals surface area (Å²) < 4.78 is 19.3. The van der Waals surface area contributed by atoms with Gasteiger partial charge in [-0.15, -0.1) is 0 Å². The van der Waals surface area contributed by atoms with Crippen molar-refractivity contribution in [1.82, 2.24) is 10.2 Å². The predicted molar refractivity (Wildman–Crippen MR) is 82.5 cm³/mol. The van der Waals surface area contributed by atoms with Crippen LogP contribution in [-0.2, 0) is 6.54 Å². The fraction of sp³-hybridized carbons (Fsp3) is 0.412. The van der Waals surface area contributed by atoms with Crippen molar-refractivity contribution in [3.05, 3.63) is 59.8 Å². The second kappa shape index (κ2) is 7.96. The first-order valence-electron chi connectivity index (χ1n) is 7.41. The molecule has 0 aliphatic carbocycles. The second-order valence-electron chi connectivity index (χ2n) is 5.10. The molecule has 0 spiro atoms. The van der Waals surface area contributed by atoms with Gasteiger partial charge in [0.1, 0.15) is 11.6 Å². The Balaban J connectivity index is 1.94. The van der Waals surface area contributed by atoms with E-state index in [-0.39, 0.29) is 11.9 Å². The zero-order chi connectivity index (χ0) is 15.1. The first kappa shape index (κ1) is 15.7. The summed E-state index contributed by atoms with van der Waals surface area (Å²) in [6.07, 6.45) is 2.55. The standard InChI is InChI=1S/C17H23FN2O/c1-3-20(13-14-7-6-12-21-14)11-10-17(19-2)15-8-4-5-9-16(15)18/h4-9,12,17,19H,3,10-11,13H2,1-2H3. The van der Waals surface area contributed by atoms with Crippen LogP contribution in [0.4, 0.5) is 4.39 Å². The van der Waals surface area contributed by atoms with Crippen molar-refractivity contribution in [3.63, 3.8) is 0 Å². The van der Waals surface area contributed by atoms with Gasteiger partial charge >= 0.3 is 0 Å². The molecule has 0 saturated heterocycles. The highest BCUT2D eigenvalue weighted by Crippen LogP contribution is 2.20. The van der Waals surface area contributed by atoms with Crippen LogP contribution in [0.5, 0.6) is 0 Å². The van der Waals surface area contributed by atoms with Gasteiger partial charge in [-0.2, -0.15) is 0 Å². The molecular weight excluding hydrogens is 267 g/mol. The van der Waals surface area contributed by atoms with Crippen molar-refractivity contribution < 1.29 is 8.81 Å². The molecule has 1 heterocycles. The smallest absolute Gasteiger partial charge is 0.127 e. The lowest BCUT2D eigenvalue weighted by molar-refractivity contribution is 0.242. The summed E-state index contributed by atoms with van der Waals surface area (Å²) in [5, 5.41) is 3.21. The van der Waals surface area contributed by atoms with Crippen molar-refractivity contribution in [2.24, 2.45) is 0 Å². The van der Waals surface area contributed by atoms with Crippen LogP contribution < -0.4 is 5.32 Å². The van der Waals surface area contributed by atoms with Crippen LogP contribution in [0.25, 0.3) is 0 Å². The minimum absolute atomic E-state index is 0.0249. The third kappa shape index (κ3) is 4.41. The fourth-order valence-corrected chi connectivity index (χ4v) is 2.50. The van der Waals surface area contributed by atoms with E-state index in [4.69, 9.17) is 4.42 Å². The molecule has 0 fully saturated rings. The Morgan fingerprint density at radius 3 is 2.67 bits per heavy atom. The number of halogens is 1. The molecular formula is C17H23FN2O. The lowest BCUT2D eigenvalue weighted by atomic mass is 10.0. The quantitative estimate of drug-likeness (QED) is 0.805. The summed E-state index contributed by atoms with van der Waals surface area (Å²) in [7, 11) is 1.87. The second-order valence-corrected chi connectivity index (χ2v) is 5.10. The van der Waals surface area contributed by atoms with E-state index in [1.54, 1.807) is 12.3 Å². The van der Waals surface area contributed by atoms with Crippen LogP contribution >= 0.6 is 0 Å².